The van der Waals surface area contributed by atoms with Gasteiger partial charge in [0.05, 0.1) is 6.54 Å². The average molecular weight is 372 g/mol. The molecule has 0 amide bonds. The van der Waals surface area contributed by atoms with E-state index in [1.165, 1.54) is 31.2 Å². The lowest BCUT2D eigenvalue weighted by atomic mass is 10.0. The minimum absolute atomic E-state index is 0.501. The molecule has 1 saturated heterocycles. The van der Waals surface area contributed by atoms with Crippen LogP contribution < -0.4 is 10.6 Å². The molecule has 1 atom stereocenters. The van der Waals surface area contributed by atoms with Crippen LogP contribution in [0, 0.1) is 0 Å². The van der Waals surface area contributed by atoms with Crippen LogP contribution in [0.4, 0.5) is 0 Å². The molecule has 0 bridgehead atoms. The van der Waals surface area contributed by atoms with Crippen molar-refractivity contribution in [3.63, 3.8) is 0 Å². The van der Waals surface area contributed by atoms with Crippen LogP contribution in [0.3, 0.4) is 0 Å². The summed E-state index contributed by atoms with van der Waals surface area (Å²) < 4.78 is 0. The fraction of sp³-hybridized carbons (Fsp3) is 0.682. The van der Waals surface area contributed by atoms with Gasteiger partial charge in [0.1, 0.15) is 0 Å². The SMILES string of the molecule is CCNC(=NCC(C)N(C)C1CC1)NC1CCN(Cc2ccccc2)CC1. The molecular weight excluding hydrogens is 334 g/mol. The highest BCUT2D eigenvalue weighted by Crippen LogP contribution is 2.26. The molecule has 1 aromatic rings. The van der Waals surface area contributed by atoms with Gasteiger partial charge < -0.3 is 10.6 Å². The Morgan fingerprint density at radius 1 is 1.19 bits per heavy atom. The topological polar surface area (TPSA) is 42.9 Å². The van der Waals surface area contributed by atoms with Gasteiger partial charge in [-0.25, -0.2) is 0 Å². The Bertz CT molecular complexity index is 576. The second-order valence-electron chi connectivity index (χ2n) is 8.15. The zero-order chi connectivity index (χ0) is 19.1. The first-order chi connectivity index (χ1) is 13.2. The molecule has 1 aliphatic carbocycles. The zero-order valence-electron chi connectivity index (χ0n) is 17.3. The first-order valence-electron chi connectivity index (χ1n) is 10.7. The van der Waals surface area contributed by atoms with E-state index in [9.17, 15) is 0 Å². The van der Waals surface area contributed by atoms with Gasteiger partial charge in [-0.1, -0.05) is 30.3 Å². The predicted molar refractivity (Wildman–Crippen MR) is 114 cm³/mol. The summed E-state index contributed by atoms with van der Waals surface area (Å²) in [7, 11) is 2.24. The number of likely N-dealkylation sites (tertiary alicyclic amines) is 1. The lowest BCUT2D eigenvalue weighted by Crippen LogP contribution is -2.49. The normalized spacial score (nSPS) is 20.7. The highest BCUT2D eigenvalue weighted by molar-refractivity contribution is 5.80. The maximum Gasteiger partial charge on any atom is 0.191 e. The molecule has 150 valence electrons. The Morgan fingerprint density at radius 2 is 1.89 bits per heavy atom. The summed E-state index contributed by atoms with van der Waals surface area (Å²) >= 11 is 0. The van der Waals surface area contributed by atoms with Crippen molar-refractivity contribution in [2.75, 3.05) is 33.2 Å². The second kappa shape index (κ2) is 10.1. The Hall–Kier alpha value is -1.59. The standard InChI is InChI=1S/C22H37N5/c1-4-23-22(24-16-18(2)26(3)21-10-11-21)25-20-12-14-27(15-13-20)17-19-8-6-5-7-9-19/h5-9,18,20-21H,4,10-17H2,1-3H3,(H2,23,24,25). The van der Waals surface area contributed by atoms with E-state index < -0.39 is 0 Å². The number of likely N-dealkylation sites (N-methyl/N-ethyl adjacent to an activating group) is 1. The summed E-state index contributed by atoms with van der Waals surface area (Å²) in [6.45, 7) is 9.54. The van der Waals surface area contributed by atoms with Gasteiger partial charge in [-0.3, -0.25) is 14.8 Å². The molecule has 5 nitrogen and oxygen atoms in total. The third-order valence-corrected chi connectivity index (χ3v) is 5.85. The van der Waals surface area contributed by atoms with Crippen molar-refractivity contribution in [3.05, 3.63) is 35.9 Å². The molecule has 5 heteroatoms. The van der Waals surface area contributed by atoms with Crippen molar-refractivity contribution >= 4 is 5.96 Å². The third-order valence-electron chi connectivity index (χ3n) is 5.85. The Kier molecular flexibility index (Phi) is 7.53. The zero-order valence-corrected chi connectivity index (χ0v) is 17.3. The van der Waals surface area contributed by atoms with E-state index in [1.54, 1.807) is 0 Å². The number of benzene rings is 1. The summed E-state index contributed by atoms with van der Waals surface area (Å²) in [5.41, 5.74) is 1.41. The van der Waals surface area contributed by atoms with Crippen LogP contribution >= 0.6 is 0 Å². The van der Waals surface area contributed by atoms with E-state index in [1.807, 2.05) is 0 Å². The van der Waals surface area contributed by atoms with Gasteiger partial charge in [-0.2, -0.15) is 0 Å². The van der Waals surface area contributed by atoms with Gasteiger partial charge in [0.25, 0.3) is 0 Å². The van der Waals surface area contributed by atoms with Gasteiger partial charge in [0, 0.05) is 44.3 Å². The first-order valence-corrected chi connectivity index (χ1v) is 10.7. The van der Waals surface area contributed by atoms with Crippen molar-refractivity contribution < 1.29 is 0 Å². The maximum atomic E-state index is 4.86. The Balaban J connectivity index is 1.43. The molecular formula is C22H37N5. The first kappa shape index (κ1) is 20.2. The molecule has 0 spiro atoms. The molecule has 0 aromatic heterocycles. The van der Waals surface area contributed by atoms with Crippen LogP contribution in [0.15, 0.2) is 35.3 Å². The number of nitrogens with zero attached hydrogens (tertiary/aromatic N) is 3. The fourth-order valence-corrected chi connectivity index (χ4v) is 3.78. The van der Waals surface area contributed by atoms with E-state index >= 15 is 0 Å². The van der Waals surface area contributed by atoms with Crippen molar-refractivity contribution in [2.45, 2.75) is 64.2 Å². The summed E-state index contributed by atoms with van der Waals surface area (Å²) in [4.78, 5) is 9.91. The third kappa shape index (κ3) is 6.51. The molecule has 27 heavy (non-hydrogen) atoms. The van der Waals surface area contributed by atoms with E-state index in [0.29, 0.717) is 12.1 Å². The molecule has 2 aliphatic rings. The van der Waals surface area contributed by atoms with E-state index in [0.717, 1.165) is 44.7 Å². The van der Waals surface area contributed by atoms with Crippen LogP contribution in [0.25, 0.3) is 0 Å². The van der Waals surface area contributed by atoms with Gasteiger partial charge in [0.2, 0.25) is 0 Å². The van der Waals surface area contributed by atoms with E-state index in [-0.39, 0.29) is 0 Å². The average Bonchev–Trinajstić information content (AvgIpc) is 3.53. The number of hydrogen-bond donors (Lipinski definition) is 2. The van der Waals surface area contributed by atoms with Gasteiger partial charge in [0.15, 0.2) is 5.96 Å². The van der Waals surface area contributed by atoms with Crippen LogP contribution in [0.1, 0.15) is 45.1 Å². The van der Waals surface area contributed by atoms with Gasteiger partial charge >= 0.3 is 0 Å². The van der Waals surface area contributed by atoms with Gasteiger partial charge in [-0.05, 0) is 52.1 Å². The predicted octanol–water partition coefficient (Wildman–Crippen LogP) is 2.69. The van der Waals surface area contributed by atoms with E-state index in [2.05, 4.69) is 71.7 Å². The van der Waals surface area contributed by atoms with Crippen molar-refractivity contribution in [2.24, 2.45) is 4.99 Å². The number of nitrogens with one attached hydrogen (secondary N) is 2. The highest BCUT2D eigenvalue weighted by Gasteiger charge is 2.29. The smallest absolute Gasteiger partial charge is 0.191 e. The Morgan fingerprint density at radius 3 is 2.52 bits per heavy atom. The van der Waals surface area contributed by atoms with Crippen LogP contribution in [0.2, 0.25) is 0 Å². The molecule has 1 unspecified atom stereocenters. The lowest BCUT2D eigenvalue weighted by molar-refractivity contribution is 0.198. The summed E-state index contributed by atoms with van der Waals surface area (Å²) in [5.74, 6) is 0.982. The molecule has 1 aliphatic heterocycles. The van der Waals surface area contributed by atoms with Crippen molar-refractivity contribution in [1.82, 2.24) is 20.4 Å². The minimum Gasteiger partial charge on any atom is -0.357 e. The minimum atomic E-state index is 0.501. The van der Waals surface area contributed by atoms with E-state index in [4.69, 9.17) is 4.99 Å². The molecule has 0 radical (unpaired) electrons. The Labute approximate surface area is 165 Å². The van der Waals surface area contributed by atoms with Crippen LogP contribution in [0.5, 0.6) is 0 Å². The number of rotatable bonds is 8. The highest BCUT2D eigenvalue weighted by atomic mass is 15.2. The number of hydrogen-bond acceptors (Lipinski definition) is 3. The quantitative estimate of drug-likeness (QED) is 0.545. The van der Waals surface area contributed by atoms with Crippen molar-refractivity contribution in [1.29, 1.82) is 0 Å². The lowest BCUT2D eigenvalue weighted by Gasteiger charge is -2.33. The maximum absolute atomic E-state index is 4.86. The molecule has 2 N–H and O–H groups in total. The molecule has 2 fully saturated rings. The molecule has 1 aromatic carbocycles. The second-order valence-corrected chi connectivity index (χ2v) is 8.15. The molecule has 1 heterocycles. The monoisotopic (exact) mass is 371 g/mol. The summed E-state index contributed by atoms with van der Waals surface area (Å²) in [6.07, 6.45) is 5.05. The van der Waals surface area contributed by atoms with Crippen molar-refractivity contribution in [3.8, 4) is 0 Å². The molecule has 3 rings (SSSR count). The number of piperidine rings is 1. The summed E-state index contributed by atoms with van der Waals surface area (Å²) in [5, 5.41) is 7.10. The number of guanidine groups is 1. The largest absolute Gasteiger partial charge is 0.357 e. The summed E-state index contributed by atoms with van der Waals surface area (Å²) in [6, 6.07) is 12.6. The fourth-order valence-electron chi connectivity index (χ4n) is 3.78. The van der Waals surface area contributed by atoms with Gasteiger partial charge in [-0.15, -0.1) is 0 Å². The molecule has 1 saturated carbocycles. The van der Waals surface area contributed by atoms with Crippen LogP contribution in [-0.4, -0.2) is 67.1 Å². The van der Waals surface area contributed by atoms with Crippen LogP contribution in [-0.2, 0) is 6.54 Å². The number of aliphatic imine (C=N–C) groups is 1.